The first kappa shape index (κ1) is 25.4. The van der Waals surface area contributed by atoms with Crippen LogP contribution in [-0.2, 0) is 20.8 Å². The fraction of sp³-hybridized carbons (Fsp3) is 0.385. The number of ether oxygens (including phenoxy) is 1. The van der Waals surface area contributed by atoms with Gasteiger partial charge in [-0.25, -0.2) is 4.79 Å². The van der Waals surface area contributed by atoms with Gasteiger partial charge in [0.15, 0.2) is 5.75 Å². The standard InChI is InChI=1S/C26H29ClN2O5S/c1-26(2,3)33-25(31)29-13-11-28(12-14-29)24(30)9-5-18-4-8-23(21(27)16-18)35-20-6-7-22-19(17-20)10-15-32-34-22/h4-9,16-17H,10-15H2,1-3H3. The fourth-order valence-corrected chi connectivity index (χ4v) is 4.88. The van der Waals surface area contributed by atoms with Crippen molar-refractivity contribution in [1.82, 2.24) is 9.80 Å². The normalized spacial score (nSPS) is 16.1. The highest BCUT2D eigenvalue weighted by molar-refractivity contribution is 7.99. The van der Waals surface area contributed by atoms with Crippen molar-refractivity contribution in [2.75, 3.05) is 32.8 Å². The third-order valence-electron chi connectivity index (χ3n) is 5.48. The van der Waals surface area contributed by atoms with Gasteiger partial charge < -0.3 is 19.4 Å². The van der Waals surface area contributed by atoms with Crippen LogP contribution in [0.4, 0.5) is 4.79 Å². The van der Waals surface area contributed by atoms with Crippen molar-refractivity contribution in [3.05, 3.63) is 58.6 Å². The number of benzene rings is 2. The second-order valence-electron chi connectivity index (χ2n) is 9.34. The number of halogens is 1. The number of carbonyl (C=O) groups excluding carboxylic acids is 2. The van der Waals surface area contributed by atoms with Gasteiger partial charge in [-0.2, -0.15) is 4.89 Å². The first-order valence-corrected chi connectivity index (χ1v) is 12.7. The van der Waals surface area contributed by atoms with E-state index in [1.165, 1.54) is 0 Å². The Kier molecular flexibility index (Phi) is 7.94. The summed E-state index contributed by atoms with van der Waals surface area (Å²) in [5.41, 5.74) is 1.42. The van der Waals surface area contributed by atoms with Crippen molar-refractivity contribution in [3.8, 4) is 5.75 Å². The lowest BCUT2D eigenvalue weighted by molar-refractivity contribution is -0.215. The third kappa shape index (κ3) is 6.93. The minimum atomic E-state index is -0.535. The Hall–Kier alpha value is -2.68. The molecule has 0 N–H and O–H groups in total. The van der Waals surface area contributed by atoms with Crippen LogP contribution >= 0.6 is 23.4 Å². The van der Waals surface area contributed by atoms with Gasteiger partial charge in [0.1, 0.15) is 5.60 Å². The van der Waals surface area contributed by atoms with E-state index in [2.05, 4.69) is 6.07 Å². The van der Waals surface area contributed by atoms with E-state index >= 15 is 0 Å². The van der Waals surface area contributed by atoms with E-state index < -0.39 is 5.60 Å². The molecule has 35 heavy (non-hydrogen) atoms. The van der Waals surface area contributed by atoms with Gasteiger partial charge in [0.25, 0.3) is 0 Å². The van der Waals surface area contributed by atoms with Gasteiger partial charge in [-0.15, -0.1) is 0 Å². The highest BCUT2D eigenvalue weighted by Gasteiger charge is 2.27. The van der Waals surface area contributed by atoms with Crippen molar-refractivity contribution in [2.45, 2.75) is 42.6 Å². The summed E-state index contributed by atoms with van der Waals surface area (Å²) >= 11 is 8.11. The van der Waals surface area contributed by atoms with Crippen molar-refractivity contribution < 1.29 is 24.1 Å². The first-order chi connectivity index (χ1) is 16.7. The number of rotatable bonds is 4. The predicted octanol–water partition coefficient (Wildman–Crippen LogP) is 5.45. The summed E-state index contributed by atoms with van der Waals surface area (Å²) in [7, 11) is 0. The molecule has 2 aliphatic rings. The van der Waals surface area contributed by atoms with Crippen LogP contribution in [0.1, 0.15) is 31.9 Å². The summed E-state index contributed by atoms with van der Waals surface area (Å²) < 4.78 is 5.41. The SMILES string of the molecule is CC(C)(C)OC(=O)N1CCN(C(=O)C=Cc2ccc(Sc3ccc4c(c3)CCOO4)c(Cl)c2)CC1. The van der Waals surface area contributed by atoms with Crippen LogP contribution in [0.2, 0.25) is 5.02 Å². The van der Waals surface area contributed by atoms with Crippen molar-refractivity contribution in [2.24, 2.45) is 0 Å². The summed E-state index contributed by atoms with van der Waals surface area (Å²) in [6.07, 6.45) is 3.78. The van der Waals surface area contributed by atoms with E-state index in [-0.39, 0.29) is 12.0 Å². The zero-order chi connectivity index (χ0) is 25.0. The molecule has 0 saturated carbocycles. The molecule has 2 heterocycles. The number of hydrogen-bond donors (Lipinski definition) is 0. The molecule has 4 rings (SSSR count). The van der Waals surface area contributed by atoms with Crippen LogP contribution < -0.4 is 4.89 Å². The minimum absolute atomic E-state index is 0.0938. The van der Waals surface area contributed by atoms with Gasteiger partial charge in [0.2, 0.25) is 5.91 Å². The number of nitrogens with zero attached hydrogens (tertiary/aromatic N) is 2. The van der Waals surface area contributed by atoms with E-state index in [4.69, 9.17) is 26.1 Å². The Morgan fingerprint density at radius 2 is 1.80 bits per heavy atom. The molecule has 9 heteroatoms. The van der Waals surface area contributed by atoms with Crippen LogP contribution in [-0.4, -0.2) is 60.2 Å². The van der Waals surface area contributed by atoms with Crippen LogP contribution in [0.15, 0.2) is 52.3 Å². The molecule has 186 valence electrons. The maximum absolute atomic E-state index is 12.6. The van der Waals surface area contributed by atoms with E-state index in [9.17, 15) is 9.59 Å². The van der Waals surface area contributed by atoms with Gasteiger partial charge in [-0.05, 0) is 62.7 Å². The molecule has 2 amide bonds. The van der Waals surface area contributed by atoms with Crippen LogP contribution in [0.3, 0.4) is 0 Å². The molecule has 2 aromatic carbocycles. The maximum Gasteiger partial charge on any atom is 0.410 e. The maximum atomic E-state index is 12.6. The lowest BCUT2D eigenvalue weighted by Gasteiger charge is -2.35. The number of piperazine rings is 1. The number of hydrogen-bond acceptors (Lipinski definition) is 6. The Labute approximate surface area is 214 Å². The monoisotopic (exact) mass is 516 g/mol. The van der Waals surface area contributed by atoms with Crippen LogP contribution in [0.25, 0.3) is 6.08 Å². The molecule has 0 spiro atoms. The molecule has 2 aromatic rings. The lowest BCUT2D eigenvalue weighted by atomic mass is 10.1. The van der Waals surface area contributed by atoms with Gasteiger partial charge >= 0.3 is 6.09 Å². The average molecular weight is 517 g/mol. The van der Waals surface area contributed by atoms with Crippen LogP contribution in [0, 0.1) is 0 Å². The summed E-state index contributed by atoms with van der Waals surface area (Å²) in [4.78, 5) is 40.4. The van der Waals surface area contributed by atoms with Crippen molar-refractivity contribution in [3.63, 3.8) is 0 Å². The Morgan fingerprint density at radius 3 is 2.51 bits per heavy atom. The molecule has 1 fully saturated rings. The second-order valence-corrected chi connectivity index (χ2v) is 10.9. The largest absolute Gasteiger partial charge is 0.444 e. The summed E-state index contributed by atoms with van der Waals surface area (Å²) in [6, 6.07) is 11.7. The second kappa shape index (κ2) is 10.9. The van der Waals surface area contributed by atoms with Gasteiger partial charge in [-0.1, -0.05) is 29.4 Å². The van der Waals surface area contributed by atoms with E-state index in [0.29, 0.717) is 37.8 Å². The molecule has 0 unspecified atom stereocenters. The molecule has 0 atom stereocenters. The van der Waals surface area contributed by atoms with Crippen molar-refractivity contribution in [1.29, 1.82) is 0 Å². The fourth-order valence-electron chi connectivity index (χ4n) is 3.69. The molecule has 0 aromatic heterocycles. The van der Waals surface area contributed by atoms with Crippen molar-refractivity contribution >= 4 is 41.4 Å². The van der Waals surface area contributed by atoms with E-state index in [1.807, 2.05) is 51.1 Å². The summed E-state index contributed by atoms with van der Waals surface area (Å²) in [6.45, 7) is 7.90. The number of fused-ring (bicyclic) bond motifs is 1. The Bertz CT molecular complexity index is 1120. The molecule has 2 aliphatic heterocycles. The Morgan fingerprint density at radius 1 is 1.06 bits per heavy atom. The molecule has 0 bridgehead atoms. The zero-order valence-corrected chi connectivity index (χ0v) is 21.7. The van der Waals surface area contributed by atoms with E-state index in [0.717, 1.165) is 33.1 Å². The molecule has 7 nitrogen and oxygen atoms in total. The van der Waals surface area contributed by atoms with Gasteiger partial charge in [0.05, 0.1) is 11.6 Å². The van der Waals surface area contributed by atoms with Gasteiger partial charge in [0, 0.05) is 54.0 Å². The summed E-state index contributed by atoms with van der Waals surface area (Å²) in [5, 5.41) is 0.618. The molecule has 0 radical (unpaired) electrons. The zero-order valence-electron chi connectivity index (χ0n) is 20.1. The number of amides is 2. The average Bonchev–Trinajstić information content (AvgIpc) is 2.83. The molecule has 1 saturated heterocycles. The molecule has 0 aliphatic carbocycles. The third-order valence-corrected chi connectivity index (χ3v) is 6.97. The highest BCUT2D eigenvalue weighted by atomic mass is 35.5. The minimum Gasteiger partial charge on any atom is -0.444 e. The lowest BCUT2D eigenvalue weighted by Crippen LogP contribution is -2.51. The highest BCUT2D eigenvalue weighted by Crippen LogP contribution is 2.36. The topological polar surface area (TPSA) is 68.3 Å². The van der Waals surface area contributed by atoms with E-state index in [1.54, 1.807) is 33.7 Å². The summed E-state index contributed by atoms with van der Waals surface area (Å²) in [5.74, 6) is 0.659. The molecular formula is C26H29ClN2O5S. The quantitative estimate of drug-likeness (QED) is 0.397. The molecular weight excluding hydrogens is 488 g/mol. The number of carbonyl (C=O) groups is 2. The van der Waals surface area contributed by atoms with Gasteiger partial charge in [-0.3, -0.25) is 4.79 Å². The predicted molar refractivity (Wildman–Crippen MR) is 136 cm³/mol. The first-order valence-electron chi connectivity index (χ1n) is 11.5. The Balaban J connectivity index is 1.31. The van der Waals surface area contributed by atoms with Crippen LogP contribution in [0.5, 0.6) is 5.75 Å². The smallest absolute Gasteiger partial charge is 0.410 e.